The summed E-state index contributed by atoms with van der Waals surface area (Å²) in [5.41, 5.74) is 6.21. The summed E-state index contributed by atoms with van der Waals surface area (Å²) in [7, 11) is 0. The van der Waals surface area contributed by atoms with Gasteiger partial charge in [0.2, 0.25) is 0 Å². The van der Waals surface area contributed by atoms with Gasteiger partial charge in [0.25, 0.3) is 0 Å². The topological polar surface area (TPSA) is 55.5 Å². The summed E-state index contributed by atoms with van der Waals surface area (Å²) in [6, 6.07) is 4.46. The quantitative estimate of drug-likeness (QED) is 0.773. The van der Waals surface area contributed by atoms with E-state index in [4.69, 9.17) is 15.6 Å². The monoisotopic (exact) mass is 213 g/mol. The zero-order chi connectivity index (χ0) is 11.3. The first kappa shape index (κ1) is 11.9. The Kier molecular flexibility index (Phi) is 4.52. The smallest absolute Gasteiger partial charge is 0.129 e. The molecule has 0 fully saturated rings. The molecule has 84 valence electrons. The van der Waals surface area contributed by atoms with Gasteiger partial charge in [0.1, 0.15) is 18.2 Å². The highest BCUT2D eigenvalue weighted by atomic mass is 19.1. The second-order valence-electron chi connectivity index (χ2n) is 3.49. The van der Waals surface area contributed by atoms with Crippen molar-refractivity contribution in [2.45, 2.75) is 19.4 Å². The van der Waals surface area contributed by atoms with Crippen molar-refractivity contribution in [2.24, 2.45) is 5.73 Å². The Labute approximate surface area is 88.7 Å². The van der Waals surface area contributed by atoms with E-state index >= 15 is 0 Å². The van der Waals surface area contributed by atoms with Gasteiger partial charge in [-0.15, -0.1) is 0 Å². The molecule has 4 heteroatoms. The lowest BCUT2D eigenvalue weighted by Gasteiger charge is -2.12. The third-order valence-electron chi connectivity index (χ3n) is 2.11. The van der Waals surface area contributed by atoms with Crippen LogP contribution in [0.15, 0.2) is 18.2 Å². The number of aliphatic hydroxyl groups excluding tert-OH is 1. The summed E-state index contributed by atoms with van der Waals surface area (Å²) in [5, 5.41) is 8.62. The maximum Gasteiger partial charge on any atom is 0.129 e. The summed E-state index contributed by atoms with van der Waals surface area (Å²) in [5.74, 6) is 0.176. The Morgan fingerprint density at radius 3 is 2.87 bits per heavy atom. The summed E-state index contributed by atoms with van der Waals surface area (Å²) in [4.78, 5) is 0. The predicted molar refractivity (Wildman–Crippen MR) is 56.3 cm³/mol. The first-order chi connectivity index (χ1) is 7.13. The second-order valence-corrected chi connectivity index (χ2v) is 3.49. The molecule has 0 saturated carbocycles. The Balaban J connectivity index is 2.47. The van der Waals surface area contributed by atoms with Crippen molar-refractivity contribution >= 4 is 0 Å². The van der Waals surface area contributed by atoms with Crippen molar-refractivity contribution in [2.75, 3.05) is 13.2 Å². The van der Waals surface area contributed by atoms with Gasteiger partial charge in [-0.1, -0.05) is 6.07 Å². The molecule has 0 bridgehead atoms. The van der Waals surface area contributed by atoms with Crippen LogP contribution in [0.5, 0.6) is 5.75 Å². The van der Waals surface area contributed by atoms with Crippen molar-refractivity contribution in [3.63, 3.8) is 0 Å². The zero-order valence-electron chi connectivity index (χ0n) is 8.74. The summed E-state index contributed by atoms with van der Waals surface area (Å²) >= 11 is 0. The van der Waals surface area contributed by atoms with Crippen LogP contribution < -0.4 is 10.5 Å². The number of benzene rings is 1. The molecule has 3 N–H and O–H groups in total. The molecule has 1 unspecified atom stereocenters. The van der Waals surface area contributed by atoms with Gasteiger partial charge in [-0.05, 0) is 25.0 Å². The molecular formula is C11H16FNO2. The molecule has 0 aromatic heterocycles. The summed E-state index contributed by atoms with van der Waals surface area (Å²) in [6.07, 6.45) is 0.480. The van der Waals surface area contributed by atoms with Crippen LogP contribution in [-0.2, 0) is 0 Å². The molecule has 0 aliphatic heterocycles. The fourth-order valence-corrected chi connectivity index (χ4v) is 1.12. The van der Waals surface area contributed by atoms with Crippen LogP contribution in [0.25, 0.3) is 0 Å². The molecule has 0 heterocycles. The van der Waals surface area contributed by atoms with E-state index in [2.05, 4.69) is 0 Å². The van der Waals surface area contributed by atoms with E-state index in [-0.39, 0.29) is 25.1 Å². The second kappa shape index (κ2) is 5.68. The fourth-order valence-electron chi connectivity index (χ4n) is 1.12. The van der Waals surface area contributed by atoms with E-state index in [9.17, 15) is 4.39 Å². The van der Waals surface area contributed by atoms with Crippen LogP contribution in [0.2, 0.25) is 0 Å². The number of hydrogen-bond donors (Lipinski definition) is 2. The number of nitrogens with two attached hydrogens (primary N) is 1. The van der Waals surface area contributed by atoms with Gasteiger partial charge in [-0.25, -0.2) is 4.39 Å². The molecule has 1 aromatic rings. The van der Waals surface area contributed by atoms with E-state index in [1.165, 1.54) is 6.07 Å². The minimum absolute atomic E-state index is 0.0345. The first-order valence-electron chi connectivity index (χ1n) is 4.89. The molecule has 0 aliphatic carbocycles. The average Bonchev–Trinajstić information content (AvgIpc) is 2.20. The fraction of sp³-hybridized carbons (Fsp3) is 0.455. The van der Waals surface area contributed by atoms with E-state index in [1.54, 1.807) is 19.1 Å². The van der Waals surface area contributed by atoms with Crippen LogP contribution in [0.1, 0.15) is 12.0 Å². The molecule has 0 aliphatic rings. The van der Waals surface area contributed by atoms with Crippen LogP contribution in [0.3, 0.4) is 0 Å². The number of rotatable bonds is 5. The first-order valence-corrected chi connectivity index (χ1v) is 4.89. The van der Waals surface area contributed by atoms with Gasteiger partial charge in [-0.3, -0.25) is 0 Å². The number of aryl methyl sites for hydroxylation is 1. The summed E-state index contributed by atoms with van der Waals surface area (Å²) in [6.45, 7) is 2.01. The lowest BCUT2D eigenvalue weighted by atomic mass is 10.2. The highest BCUT2D eigenvalue weighted by Crippen LogP contribution is 2.15. The van der Waals surface area contributed by atoms with E-state index in [0.717, 1.165) is 0 Å². The predicted octanol–water partition coefficient (Wildman–Crippen LogP) is 1.22. The Hall–Kier alpha value is -1.13. The highest BCUT2D eigenvalue weighted by molar-refractivity contribution is 5.27. The normalized spacial score (nSPS) is 12.5. The number of halogens is 1. The molecule has 0 amide bonds. The minimum Gasteiger partial charge on any atom is -0.492 e. The third-order valence-corrected chi connectivity index (χ3v) is 2.11. The van der Waals surface area contributed by atoms with Crippen molar-refractivity contribution in [1.82, 2.24) is 0 Å². The lowest BCUT2D eigenvalue weighted by molar-refractivity contribution is 0.233. The van der Waals surface area contributed by atoms with Crippen molar-refractivity contribution in [3.05, 3.63) is 29.6 Å². The number of ether oxygens (including phenoxy) is 1. The van der Waals surface area contributed by atoms with Crippen LogP contribution in [0.4, 0.5) is 4.39 Å². The zero-order valence-corrected chi connectivity index (χ0v) is 8.74. The molecule has 0 saturated heterocycles. The van der Waals surface area contributed by atoms with Gasteiger partial charge in [0.05, 0.1) is 0 Å². The average molecular weight is 213 g/mol. The van der Waals surface area contributed by atoms with E-state index in [0.29, 0.717) is 17.7 Å². The van der Waals surface area contributed by atoms with Gasteiger partial charge in [-0.2, -0.15) is 0 Å². The largest absolute Gasteiger partial charge is 0.492 e. The van der Waals surface area contributed by atoms with E-state index in [1.807, 2.05) is 0 Å². The molecule has 1 atom stereocenters. The van der Waals surface area contributed by atoms with Crippen molar-refractivity contribution < 1.29 is 14.2 Å². The number of hydrogen-bond acceptors (Lipinski definition) is 3. The minimum atomic E-state index is -0.289. The van der Waals surface area contributed by atoms with Crippen LogP contribution >= 0.6 is 0 Å². The standard InChI is InChI=1S/C11H16FNO2/c1-8-2-3-10(6-11(8)12)15-7-9(13)4-5-14/h2-3,6,9,14H,4-5,7,13H2,1H3. The van der Waals surface area contributed by atoms with Crippen molar-refractivity contribution in [1.29, 1.82) is 0 Å². The van der Waals surface area contributed by atoms with Gasteiger partial charge < -0.3 is 15.6 Å². The Morgan fingerprint density at radius 2 is 2.27 bits per heavy atom. The molecule has 1 rings (SSSR count). The molecule has 0 spiro atoms. The summed E-state index contributed by atoms with van der Waals surface area (Å²) < 4.78 is 18.4. The van der Waals surface area contributed by atoms with Gasteiger partial charge in [0, 0.05) is 18.7 Å². The molecule has 0 radical (unpaired) electrons. The van der Waals surface area contributed by atoms with E-state index < -0.39 is 0 Å². The number of aliphatic hydroxyl groups is 1. The molecule has 3 nitrogen and oxygen atoms in total. The van der Waals surface area contributed by atoms with Gasteiger partial charge >= 0.3 is 0 Å². The molecule has 1 aromatic carbocycles. The van der Waals surface area contributed by atoms with Gasteiger partial charge in [0.15, 0.2) is 0 Å². The highest BCUT2D eigenvalue weighted by Gasteiger charge is 2.04. The Morgan fingerprint density at radius 1 is 1.53 bits per heavy atom. The molecular weight excluding hydrogens is 197 g/mol. The lowest BCUT2D eigenvalue weighted by Crippen LogP contribution is -2.28. The SMILES string of the molecule is Cc1ccc(OCC(N)CCO)cc1F. The Bertz CT molecular complexity index is 317. The molecule has 15 heavy (non-hydrogen) atoms. The maximum atomic E-state index is 13.1. The van der Waals surface area contributed by atoms with Crippen LogP contribution in [-0.4, -0.2) is 24.4 Å². The van der Waals surface area contributed by atoms with Crippen LogP contribution in [0, 0.1) is 12.7 Å². The maximum absolute atomic E-state index is 13.1. The van der Waals surface area contributed by atoms with Crippen molar-refractivity contribution in [3.8, 4) is 5.75 Å². The third kappa shape index (κ3) is 3.85.